The SMILES string of the molecule is C#Cc1ccc(OC(F)(F)F)c(-c2cnn(CC3CC3)c2)c1. The van der Waals surface area contributed by atoms with Crippen LogP contribution in [0.1, 0.15) is 18.4 Å². The average molecular weight is 306 g/mol. The summed E-state index contributed by atoms with van der Waals surface area (Å²) in [7, 11) is 0. The van der Waals surface area contributed by atoms with Crippen molar-refractivity contribution in [3.05, 3.63) is 36.2 Å². The van der Waals surface area contributed by atoms with Crippen molar-refractivity contribution >= 4 is 0 Å². The van der Waals surface area contributed by atoms with Gasteiger partial charge in [0.2, 0.25) is 0 Å². The van der Waals surface area contributed by atoms with E-state index in [0.717, 1.165) is 6.54 Å². The Morgan fingerprint density at radius 3 is 2.77 bits per heavy atom. The predicted octanol–water partition coefficient (Wildman–Crippen LogP) is 3.84. The summed E-state index contributed by atoms with van der Waals surface area (Å²) < 4.78 is 43.4. The number of halogens is 3. The molecule has 22 heavy (non-hydrogen) atoms. The van der Waals surface area contributed by atoms with Crippen molar-refractivity contribution in [1.29, 1.82) is 0 Å². The van der Waals surface area contributed by atoms with Crippen LogP contribution >= 0.6 is 0 Å². The fourth-order valence-corrected chi connectivity index (χ4v) is 2.23. The predicted molar refractivity (Wildman–Crippen MR) is 75.0 cm³/mol. The van der Waals surface area contributed by atoms with Gasteiger partial charge < -0.3 is 4.74 Å². The van der Waals surface area contributed by atoms with E-state index in [1.54, 1.807) is 10.9 Å². The van der Waals surface area contributed by atoms with E-state index in [0.29, 0.717) is 17.0 Å². The summed E-state index contributed by atoms with van der Waals surface area (Å²) in [6, 6.07) is 4.15. The zero-order chi connectivity index (χ0) is 15.7. The van der Waals surface area contributed by atoms with Gasteiger partial charge >= 0.3 is 6.36 Å². The first kappa shape index (κ1) is 14.5. The molecule has 0 spiro atoms. The summed E-state index contributed by atoms with van der Waals surface area (Å²) >= 11 is 0. The van der Waals surface area contributed by atoms with Crippen molar-refractivity contribution in [3.8, 4) is 29.2 Å². The number of hydrogen-bond donors (Lipinski definition) is 0. The molecule has 6 heteroatoms. The molecule has 0 bridgehead atoms. The number of nitrogens with zero attached hydrogens (tertiary/aromatic N) is 2. The third kappa shape index (κ3) is 3.42. The molecule has 0 unspecified atom stereocenters. The summed E-state index contributed by atoms with van der Waals surface area (Å²) in [4.78, 5) is 0. The first-order valence-electron chi connectivity index (χ1n) is 6.84. The van der Waals surface area contributed by atoms with Crippen LogP contribution in [0.4, 0.5) is 13.2 Å². The normalized spacial score (nSPS) is 14.6. The lowest BCUT2D eigenvalue weighted by Gasteiger charge is -2.12. The van der Waals surface area contributed by atoms with Crippen LogP contribution < -0.4 is 4.74 Å². The van der Waals surface area contributed by atoms with Gasteiger partial charge in [-0.05, 0) is 37.0 Å². The van der Waals surface area contributed by atoms with Crippen LogP contribution in [-0.2, 0) is 6.54 Å². The number of terminal acetylenes is 1. The molecule has 1 aliphatic rings. The van der Waals surface area contributed by atoms with E-state index < -0.39 is 6.36 Å². The number of rotatable bonds is 4. The quantitative estimate of drug-likeness (QED) is 0.803. The third-order valence-corrected chi connectivity index (χ3v) is 3.46. The van der Waals surface area contributed by atoms with Gasteiger partial charge in [-0.2, -0.15) is 5.10 Å². The monoisotopic (exact) mass is 306 g/mol. The Bertz CT molecular complexity index is 724. The minimum atomic E-state index is -4.75. The van der Waals surface area contributed by atoms with E-state index >= 15 is 0 Å². The lowest BCUT2D eigenvalue weighted by molar-refractivity contribution is -0.274. The Hall–Kier alpha value is -2.42. The first-order valence-corrected chi connectivity index (χ1v) is 6.84. The maximum absolute atomic E-state index is 12.5. The van der Waals surface area contributed by atoms with E-state index in [1.165, 1.54) is 37.2 Å². The largest absolute Gasteiger partial charge is 0.573 e. The van der Waals surface area contributed by atoms with Crippen LogP contribution in [-0.4, -0.2) is 16.1 Å². The minimum Gasteiger partial charge on any atom is -0.405 e. The van der Waals surface area contributed by atoms with E-state index in [1.807, 2.05) is 0 Å². The molecule has 1 saturated carbocycles. The van der Waals surface area contributed by atoms with Crippen LogP contribution in [0.5, 0.6) is 5.75 Å². The molecular formula is C16H13F3N2O. The maximum atomic E-state index is 12.5. The summed E-state index contributed by atoms with van der Waals surface area (Å²) in [6.45, 7) is 0.782. The summed E-state index contributed by atoms with van der Waals surface area (Å²) in [5.74, 6) is 2.75. The molecule has 0 amide bonds. The van der Waals surface area contributed by atoms with Crippen molar-refractivity contribution in [2.75, 3.05) is 0 Å². The molecule has 0 saturated heterocycles. The highest BCUT2D eigenvalue weighted by Gasteiger charge is 2.32. The molecule has 114 valence electrons. The number of hydrogen-bond acceptors (Lipinski definition) is 2. The molecule has 1 aromatic heterocycles. The van der Waals surface area contributed by atoms with Crippen LogP contribution in [0.2, 0.25) is 0 Å². The molecule has 3 nitrogen and oxygen atoms in total. The maximum Gasteiger partial charge on any atom is 0.573 e. The molecule has 1 heterocycles. The summed E-state index contributed by atoms with van der Waals surface area (Å²) in [6.07, 6.45) is 6.16. The van der Waals surface area contributed by atoms with Crippen molar-refractivity contribution in [1.82, 2.24) is 9.78 Å². The van der Waals surface area contributed by atoms with Crippen LogP contribution in [0.25, 0.3) is 11.1 Å². The van der Waals surface area contributed by atoms with E-state index in [2.05, 4.69) is 15.8 Å². The Morgan fingerprint density at radius 1 is 1.36 bits per heavy atom. The number of aromatic nitrogens is 2. The molecule has 0 N–H and O–H groups in total. The number of benzene rings is 1. The highest BCUT2D eigenvalue weighted by molar-refractivity contribution is 5.71. The van der Waals surface area contributed by atoms with Gasteiger partial charge in [0, 0.05) is 29.4 Å². The fraction of sp³-hybridized carbons (Fsp3) is 0.312. The first-order chi connectivity index (χ1) is 10.4. The second-order valence-corrected chi connectivity index (χ2v) is 5.30. The van der Waals surface area contributed by atoms with E-state index in [9.17, 15) is 13.2 Å². The van der Waals surface area contributed by atoms with Gasteiger partial charge in [-0.15, -0.1) is 19.6 Å². The highest BCUT2D eigenvalue weighted by atomic mass is 19.4. The van der Waals surface area contributed by atoms with Gasteiger partial charge in [-0.25, -0.2) is 0 Å². The van der Waals surface area contributed by atoms with Gasteiger partial charge in [0.1, 0.15) is 5.75 Å². The molecule has 1 fully saturated rings. The van der Waals surface area contributed by atoms with Gasteiger partial charge in [0.05, 0.1) is 6.20 Å². The zero-order valence-corrected chi connectivity index (χ0v) is 11.6. The third-order valence-electron chi connectivity index (χ3n) is 3.46. The van der Waals surface area contributed by atoms with Crippen LogP contribution in [0, 0.1) is 18.3 Å². The molecule has 0 radical (unpaired) electrons. The second-order valence-electron chi connectivity index (χ2n) is 5.30. The van der Waals surface area contributed by atoms with Gasteiger partial charge in [-0.1, -0.05) is 5.92 Å². The van der Waals surface area contributed by atoms with Gasteiger partial charge in [0.15, 0.2) is 0 Å². The Labute approximate surface area is 125 Å². The molecule has 2 aromatic rings. The molecule has 0 atom stereocenters. The molecular weight excluding hydrogens is 293 g/mol. The van der Waals surface area contributed by atoms with Gasteiger partial charge in [0.25, 0.3) is 0 Å². The Kier molecular flexibility index (Phi) is 3.57. The number of alkyl halides is 3. The molecule has 1 aliphatic carbocycles. The van der Waals surface area contributed by atoms with Crippen molar-refractivity contribution in [2.45, 2.75) is 25.7 Å². The fourth-order valence-electron chi connectivity index (χ4n) is 2.23. The van der Waals surface area contributed by atoms with Crippen LogP contribution in [0.3, 0.4) is 0 Å². The Balaban J connectivity index is 1.95. The van der Waals surface area contributed by atoms with Crippen molar-refractivity contribution in [2.24, 2.45) is 5.92 Å². The zero-order valence-electron chi connectivity index (χ0n) is 11.6. The average Bonchev–Trinajstić information content (AvgIpc) is 3.14. The van der Waals surface area contributed by atoms with Crippen molar-refractivity contribution < 1.29 is 17.9 Å². The number of ether oxygens (including phenoxy) is 1. The topological polar surface area (TPSA) is 27.1 Å². The van der Waals surface area contributed by atoms with Gasteiger partial charge in [-0.3, -0.25) is 4.68 Å². The van der Waals surface area contributed by atoms with Crippen LogP contribution in [0.15, 0.2) is 30.6 Å². The highest BCUT2D eigenvalue weighted by Crippen LogP contribution is 2.35. The standard InChI is InChI=1S/C16H13F3N2O/c1-2-11-5-6-15(22-16(17,18)19)14(7-11)13-8-20-21(10-13)9-12-3-4-12/h1,5-8,10,12H,3-4,9H2. The molecule has 3 rings (SSSR count). The summed E-state index contributed by atoms with van der Waals surface area (Å²) in [5.41, 5.74) is 1.33. The molecule has 1 aromatic carbocycles. The smallest absolute Gasteiger partial charge is 0.405 e. The Morgan fingerprint density at radius 2 is 2.14 bits per heavy atom. The lowest BCUT2D eigenvalue weighted by atomic mass is 10.1. The minimum absolute atomic E-state index is 0.280. The van der Waals surface area contributed by atoms with Crippen molar-refractivity contribution in [3.63, 3.8) is 0 Å². The second kappa shape index (κ2) is 5.41. The summed E-state index contributed by atoms with van der Waals surface area (Å²) in [5, 5.41) is 4.19. The van der Waals surface area contributed by atoms with E-state index in [-0.39, 0.29) is 11.3 Å². The lowest BCUT2D eigenvalue weighted by Crippen LogP contribution is -2.17. The molecule has 0 aliphatic heterocycles. The van der Waals surface area contributed by atoms with E-state index in [4.69, 9.17) is 6.42 Å².